The average Bonchev–Trinajstić information content (AvgIpc) is 2.65. The van der Waals surface area contributed by atoms with Crippen LogP contribution in [0, 0.1) is 6.92 Å². The van der Waals surface area contributed by atoms with Gasteiger partial charge < -0.3 is 20.1 Å². The summed E-state index contributed by atoms with van der Waals surface area (Å²) < 4.78 is 44.7. The summed E-state index contributed by atoms with van der Waals surface area (Å²) >= 11 is 0. The summed E-state index contributed by atoms with van der Waals surface area (Å²) in [5, 5.41) is 13.0. The van der Waals surface area contributed by atoms with Crippen molar-refractivity contribution >= 4 is 11.6 Å². The molecule has 0 radical (unpaired) electrons. The zero-order valence-electron chi connectivity index (χ0n) is 15.4. The lowest BCUT2D eigenvalue weighted by Gasteiger charge is -2.30. The van der Waals surface area contributed by atoms with Gasteiger partial charge in [-0.1, -0.05) is 36.4 Å². The van der Waals surface area contributed by atoms with Gasteiger partial charge in [-0.25, -0.2) is 4.99 Å². The number of anilines is 1. The number of nitrogens with one attached hydrogen (secondary N) is 1. The van der Waals surface area contributed by atoms with Crippen LogP contribution in [0.1, 0.15) is 16.7 Å². The van der Waals surface area contributed by atoms with Crippen molar-refractivity contribution in [1.82, 2.24) is 4.90 Å². The summed E-state index contributed by atoms with van der Waals surface area (Å²) in [7, 11) is 1.42. The Labute approximate surface area is 160 Å². The first kappa shape index (κ1) is 19.8. The second-order valence-corrected chi connectivity index (χ2v) is 6.28. The summed E-state index contributed by atoms with van der Waals surface area (Å²) in [5.74, 6) is 0.460. The van der Waals surface area contributed by atoms with Gasteiger partial charge in [0.15, 0.2) is 5.76 Å². The van der Waals surface area contributed by atoms with Gasteiger partial charge in [0.1, 0.15) is 0 Å². The van der Waals surface area contributed by atoms with Crippen LogP contribution in [-0.2, 0) is 17.5 Å². The summed E-state index contributed by atoms with van der Waals surface area (Å²) in [6.07, 6.45) is -4.12. The second-order valence-electron chi connectivity index (χ2n) is 6.28. The van der Waals surface area contributed by atoms with E-state index in [4.69, 9.17) is 4.74 Å². The normalized spacial score (nSPS) is 17.1. The van der Waals surface area contributed by atoms with Crippen LogP contribution < -0.4 is 5.32 Å². The van der Waals surface area contributed by atoms with Crippen molar-refractivity contribution in [3.8, 4) is 0 Å². The Bertz CT molecular complexity index is 895. The second kappa shape index (κ2) is 7.93. The molecule has 1 aliphatic heterocycles. The maximum Gasteiger partial charge on any atom is 0.416 e. The van der Waals surface area contributed by atoms with Gasteiger partial charge >= 0.3 is 6.18 Å². The Morgan fingerprint density at radius 1 is 1.14 bits per heavy atom. The van der Waals surface area contributed by atoms with Crippen LogP contribution in [0.25, 0.3) is 0 Å². The van der Waals surface area contributed by atoms with Crippen molar-refractivity contribution < 1.29 is 23.0 Å². The lowest BCUT2D eigenvalue weighted by Crippen LogP contribution is -2.38. The largest absolute Gasteiger partial charge is 0.495 e. The fraction of sp³-hybridized carbons (Fsp3) is 0.250. The first-order valence-electron chi connectivity index (χ1n) is 8.55. The molecule has 148 valence electrons. The smallest absolute Gasteiger partial charge is 0.416 e. The van der Waals surface area contributed by atoms with Gasteiger partial charge in [0.05, 0.1) is 19.2 Å². The molecule has 1 unspecified atom stereocenters. The lowest BCUT2D eigenvalue weighted by atomic mass is 10.1. The molecule has 28 heavy (non-hydrogen) atoms. The van der Waals surface area contributed by atoms with Crippen molar-refractivity contribution in [2.75, 3.05) is 12.4 Å². The number of guanidine groups is 1. The molecule has 1 heterocycles. The van der Waals surface area contributed by atoms with E-state index in [1.165, 1.54) is 26.2 Å². The van der Waals surface area contributed by atoms with E-state index < -0.39 is 18.0 Å². The number of aliphatic imine (C=N–C) groups is 1. The van der Waals surface area contributed by atoms with Crippen molar-refractivity contribution in [1.29, 1.82) is 0 Å². The standard InChI is InChI=1S/C20H20F3N3O2/c1-13-15(20(21,22)23)9-6-10-16(13)24-19-25-18(27)17(28-2)12-26(19)11-14-7-4-3-5-8-14/h3-10,12,18,27H,11H2,1-2H3,(H,24,25). The van der Waals surface area contributed by atoms with Gasteiger partial charge in [-0.15, -0.1) is 0 Å². The maximum absolute atomic E-state index is 13.2. The highest BCUT2D eigenvalue weighted by molar-refractivity contribution is 5.95. The zero-order chi connectivity index (χ0) is 20.3. The van der Waals surface area contributed by atoms with Crippen LogP contribution >= 0.6 is 0 Å². The molecule has 1 atom stereocenters. The number of aliphatic hydroxyl groups excluding tert-OH is 1. The number of halogens is 3. The molecule has 0 saturated heterocycles. The van der Waals surface area contributed by atoms with E-state index in [9.17, 15) is 18.3 Å². The molecule has 0 aliphatic carbocycles. The van der Waals surface area contributed by atoms with E-state index in [0.717, 1.165) is 11.6 Å². The fourth-order valence-corrected chi connectivity index (χ4v) is 2.90. The van der Waals surface area contributed by atoms with E-state index in [-0.39, 0.29) is 23.0 Å². The van der Waals surface area contributed by atoms with Gasteiger partial charge in [0, 0.05) is 11.9 Å². The summed E-state index contributed by atoms with van der Waals surface area (Å²) in [5.41, 5.74) is 0.541. The fourth-order valence-electron chi connectivity index (χ4n) is 2.90. The van der Waals surface area contributed by atoms with Crippen molar-refractivity contribution in [3.05, 3.63) is 77.2 Å². The molecule has 0 saturated carbocycles. The molecule has 0 spiro atoms. The number of nitrogens with zero attached hydrogens (tertiary/aromatic N) is 2. The highest BCUT2D eigenvalue weighted by Gasteiger charge is 2.33. The molecule has 0 amide bonds. The van der Waals surface area contributed by atoms with E-state index in [2.05, 4.69) is 10.3 Å². The van der Waals surface area contributed by atoms with Crippen LogP contribution in [0.5, 0.6) is 0 Å². The Morgan fingerprint density at radius 3 is 2.50 bits per heavy atom. The summed E-state index contributed by atoms with van der Waals surface area (Å²) in [6, 6.07) is 13.4. The SMILES string of the molecule is COC1=CN(Cc2ccccc2)C(Nc2cccc(C(F)(F)F)c2C)=NC1O. The molecule has 2 aromatic rings. The molecule has 5 nitrogen and oxygen atoms in total. The van der Waals surface area contributed by atoms with Crippen LogP contribution in [0.4, 0.5) is 18.9 Å². The van der Waals surface area contributed by atoms with Crippen LogP contribution in [0.3, 0.4) is 0 Å². The number of methoxy groups -OCH3 is 1. The number of benzene rings is 2. The average molecular weight is 391 g/mol. The molecule has 0 aromatic heterocycles. The Morgan fingerprint density at radius 2 is 1.86 bits per heavy atom. The van der Waals surface area contributed by atoms with E-state index in [1.807, 2.05) is 30.3 Å². The molecule has 0 bridgehead atoms. The van der Waals surface area contributed by atoms with Crippen molar-refractivity contribution in [3.63, 3.8) is 0 Å². The van der Waals surface area contributed by atoms with Gasteiger partial charge in [-0.05, 0) is 30.2 Å². The number of alkyl halides is 3. The monoisotopic (exact) mass is 391 g/mol. The Balaban J connectivity index is 1.92. The maximum atomic E-state index is 13.2. The van der Waals surface area contributed by atoms with Crippen LogP contribution in [0.15, 0.2) is 65.5 Å². The molecular formula is C20H20F3N3O2. The highest BCUT2D eigenvalue weighted by Crippen LogP contribution is 2.34. The molecule has 8 heteroatoms. The predicted octanol–water partition coefficient (Wildman–Crippen LogP) is 4.10. The number of rotatable bonds is 4. The first-order valence-corrected chi connectivity index (χ1v) is 8.55. The number of aliphatic hydroxyl groups is 1. The Hall–Kier alpha value is -3.00. The predicted molar refractivity (Wildman–Crippen MR) is 100 cm³/mol. The minimum atomic E-state index is -4.46. The van der Waals surface area contributed by atoms with E-state index in [0.29, 0.717) is 6.54 Å². The third-order valence-electron chi connectivity index (χ3n) is 4.37. The summed E-state index contributed by atoms with van der Waals surface area (Å²) in [4.78, 5) is 5.83. The zero-order valence-corrected chi connectivity index (χ0v) is 15.4. The number of hydrogen-bond donors (Lipinski definition) is 2. The number of ether oxygens (including phenoxy) is 1. The quantitative estimate of drug-likeness (QED) is 0.824. The van der Waals surface area contributed by atoms with E-state index in [1.54, 1.807) is 11.1 Å². The third-order valence-corrected chi connectivity index (χ3v) is 4.37. The topological polar surface area (TPSA) is 57.1 Å². The van der Waals surface area contributed by atoms with Gasteiger partial charge in [0.25, 0.3) is 0 Å². The minimum Gasteiger partial charge on any atom is -0.495 e. The molecular weight excluding hydrogens is 371 g/mol. The third kappa shape index (κ3) is 4.28. The molecule has 2 N–H and O–H groups in total. The van der Waals surface area contributed by atoms with Crippen LogP contribution in [-0.4, -0.2) is 29.3 Å². The highest BCUT2D eigenvalue weighted by atomic mass is 19.4. The molecule has 1 aliphatic rings. The minimum absolute atomic E-state index is 0.0494. The van der Waals surface area contributed by atoms with Gasteiger partial charge in [-0.2, -0.15) is 13.2 Å². The molecule has 3 rings (SSSR count). The van der Waals surface area contributed by atoms with Gasteiger partial charge in [-0.3, -0.25) is 0 Å². The lowest BCUT2D eigenvalue weighted by molar-refractivity contribution is -0.138. The molecule has 0 fully saturated rings. The first-order chi connectivity index (χ1) is 13.3. The summed E-state index contributed by atoms with van der Waals surface area (Å²) in [6.45, 7) is 1.78. The van der Waals surface area contributed by atoms with Crippen molar-refractivity contribution in [2.45, 2.75) is 25.9 Å². The Kier molecular flexibility index (Phi) is 5.60. The molecule has 2 aromatic carbocycles. The number of hydrogen-bond acceptors (Lipinski definition) is 5. The van der Waals surface area contributed by atoms with Crippen LogP contribution in [0.2, 0.25) is 0 Å². The van der Waals surface area contributed by atoms with E-state index >= 15 is 0 Å². The van der Waals surface area contributed by atoms with Crippen molar-refractivity contribution in [2.24, 2.45) is 4.99 Å². The van der Waals surface area contributed by atoms with Gasteiger partial charge in [0.2, 0.25) is 12.2 Å².